The standard InChI is InChI=1S/C27H22ClNO3/c1-16-9-11-20(12-10-16)26(30)18(3)32-27(31)22-15-24(19-7-5-4-6-8-19)29-25-17(2)23(28)14-13-21(22)25/h4-15,18H,1-3H3. The van der Waals surface area contributed by atoms with Crippen LogP contribution in [0.3, 0.4) is 0 Å². The Hall–Kier alpha value is -3.50. The topological polar surface area (TPSA) is 56.3 Å². The molecule has 4 rings (SSSR count). The molecule has 5 heteroatoms. The van der Waals surface area contributed by atoms with Gasteiger partial charge in [0.05, 0.1) is 16.8 Å². The van der Waals surface area contributed by atoms with Crippen molar-refractivity contribution < 1.29 is 14.3 Å². The van der Waals surface area contributed by atoms with Crippen molar-refractivity contribution >= 4 is 34.3 Å². The summed E-state index contributed by atoms with van der Waals surface area (Å²) < 4.78 is 5.60. The summed E-state index contributed by atoms with van der Waals surface area (Å²) >= 11 is 6.32. The maximum atomic E-state index is 13.2. The highest BCUT2D eigenvalue weighted by molar-refractivity contribution is 6.32. The van der Waals surface area contributed by atoms with Gasteiger partial charge in [-0.1, -0.05) is 77.8 Å². The van der Waals surface area contributed by atoms with Gasteiger partial charge in [-0.25, -0.2) is 9.78 Å². The van der Waals surface area contributed by atoms with Gasteiger partial charge in [0.2, 0.25) is 5.78 Å². The molecular weight excluding hydrogens is 422 g/mol. The van der Waals surface area contributed by atoms with Crippen LogP contribution in [0.2, 0.25) is 5.02 Å². The number of pyridine rings is 1. The number of fused-ring (bicyclic) bond motifs is 1. The Labute approximate surface area is 191 Å². The number of aryl methyl sites for hydroxylation is 2. The van der Waals surface area contributed by atoms with Crippen molar-refractivity contribution in [2.45, 2.75) is 26.9 Å². The molecular formula is C27H22ClNO3. The van der Waals surface area contributed by atoms with E-state index >= 15 is 0 Å². The molecule has 0 aliphatic carbocycles. The smallest absolute Gasteiger partial charge is 0.339 e. The first-order valence-corrected chi connectivity index (χ1v) is 10.7. The van der Waals surface area contributed by atoms with Crippen LogP contribution in [0.4, 0.5) is 0 Å². The molecule has 160 valence electrons. The molecule has 1 unspecified atom stereocenters. The van der Waals surface area contributed by atoms with Crippen LogP contribution in [0.5, 0.6) is 0 Å². The van der Waals surface area contributed by atoms with Gasteiger partial charge < -0.3 is 4.74 Å². The lowest BCUT2D eigenvalue weighted by molar-refractivity contribution is 0.0320. The number of carbonyl (C=O) groups is 2. The largest absolute Gasteiger partial charge is 0.451 e. The SMILES string of the molecule is Cc1ccc(C(=O)C(C)OC(=O)c2cc(-c3ccccc3)nc3c(C)c(Cl)ccc23)cc1. The van der Waals surface area contributed by atoms with Gasteiger partial charge in [-0.3, -0.25) is 4.79 Å². The van der Waals surface area contributed by atoms with E-state index < -0.39 is 12.1 Å². The van der Waals surface area contributed by atoms with E-state index in [2.05, 4.69) is 0 Å². The van der Waals surface area contributed by atoms with Crippen molar-refractivity contribution in [3.8, 4) is 11.3 Å². The lowest BCUT2D eigenvalue weighted by Gasteiger charge is -2.15. The number of aromatic nitrogens is 1. The number of rotatable bonds is 5. The van der Waals surface area contributed by atoms with Crippen LogP contribution >= 0.6 is 11.6 Å². The van der Waals surface area contributed by atoms with Gasteiger partial charge >= 0.3 is 5.97 Å². The first kappa shape index (κ1) is 21.7. The van der Waals surface area contributed by atoms with E-state index in [9.17, 15) is 9.59 Å². The van der Waals surface area contributed by atoms with Gasteiger partial charge in [-0.2, -0.15) is 0 Å². The first-order chi connectivity index (χ1) is 15.3. The van der Waals surface area contributed by atoms with Crippen LogP contribution in [0.15, 0.2) is 72.8 Å². The van der Waals surface area contributed by atoms with E-state index in [1.807, 2.05) is 56.3 Å². The number of ether oxygens (including phenoxy) is 1. The van der Waals surface area contributed by atoms with E-state index in [1.165, 1.54) is 0 Å². The van der Waals surface area contributed by atoms with Crippen molar-refractivity contribution in [2.75, 3.05) is 0 Å². The van der Waals surface area contributed by atoms with Crippen LogP contribution in [-0.2, 0) is 4.74 Å². The van der Waals surface area contributed by atoms with Gasteiger partial charge in [-0.15, -0.1) is 0 Å². The molecule has 0 saturated carbocycles. The summed E-state index contributed by atoms with van der Waals surface area (Å²) in [4.78, 5) is 30.7. The molecule has 4 aromatic rings. The maximum absolute atomic E-state index is 13.2. The minimum atomic E-state index is -0.929. The highest BCUT2D eigenvalue weighted by Gasteiger charge is 2.23. The molecule has 0 saturated heterocycles. The van der Waals surface area contributed by atoms with Gasteiger partial charge in [0, 0.05) is 21.5 Å². The molecule has 0 radical (unpaired) electrons. The number of esters is 1. The van der Waals surface area contributed by atoms with Crippen molar-refractivity contribution in [3.63, 3.8) is 0 Å². The zero-order valence-corrected chi connectivity index (χ0v) is 18.8. The fourth-order valence-corrected chi connectivity index (χ4v) is 3.71. The van der Waals surface area contributed by atoms with Crippen LogP contribution < -0.4 is 0 Å². The number of hydrogen-bond acceptors (Lipinski definition) is 4. The number of ketones is 1. The second-order valence-corrected chi connectivity index (χ2v) is 8.17. The monoisotopic (exact) mass is 443 g/mol. The van der Waals surface area contributed by atoms with Gasteiger partial charge in [0.25, 0.3) is 0 Å². The van der Waals surface area contributed by atoms with Crippen LogP contribution in [0, 0.1) is 13.8 Å². The lowest BCUT2D eigenvalue weighted by atomic mass is 10.0. The summed E-state index contributed by atoms with van der Waals surface area (Å²) in [6.45, 7) is 5.40. The van der Waals surface area contributed by atoms with E-state index in [1.54, 1.807) is 37.3 Å². The Morgan fingerprint density at radius 3 is 2.31 bits per heavy atom. The Morgan fingerprint density at radius 1 is 0.938 bits per heavy atom. The van der Waals surface area contributed by atoms with Gasteiger partial charge in [0.1, 0.15) is 0 Å². The fourth-order valence-electron chi connectivity index (χ4n) is 3.56. The number of Topliss-reactive ketones (excluding diaryl/α,β-unsaturated/α-hetero) is 1. The van der Waals surface area contributed by atoms with E-state index in [4.69, 9.17) is 21.3 Å². The second-order valence-electron chi connectivity index (χ2n) is 7.77. The quantitative estimate of drug-likeness (QED) is 0.257. The predicted molar refractivity (Wildman–Crippen MR) is 127 cm³/mol. The summed E-state index contributed by atoms with van der Waals surface area (Å²) in [5, 5.41) is 1.20. The number of benzene rings is 3. The van der Waals surface area contributed by atoms with Crippen LogP contribution in [-0.4, -0.2) is 22.8 Å². The molecule has 0 fully saturated rings. The molecule has 0 N–H and O–H groups in total. The summed E-state index contributed by atoms with van der Waals surface area (Å²) in [5.74, 6) is -0.830. The Balaban J connectivity index is 1.73. The number of hydrogen-bond donors (Lipinski definition) is 0. The number of halogens is 1. The van der Waals surface area contributed by atoms with E-state index in [0.717, 1.165) is 16.7 Å². The third-order valence-corrected chi connectivity index (χ3v) is 5.86. The maximum Gasteiger partial charge on any atom is 0.339 e. The van der Waals surface area contributed by atoms with Gasteiger partial charge in [-0.05, 0) is 38.5 Å². The summed E-state index contributed by atoms with van der Waals surface area (Å²) in [6, 6.07) is 22.0. The number of nitrogens with zero attached hydrogens (tertiary/aromatic N) is 1. The first-order valence-electron chi connectivity index (χ1n) is 10.3. The molecule has 32 heavy (non-hydrogen) atoms. The Kier molecular flexibility index (Phi) is 6.06. The molecule has 0 amide bonds. The van der Waals surface area contributed by atoms with Crippen molar-refractivity contribution in [1.82, 2.24) is 4.98 Å². The molecule has 1 aromatic heterocycles. The Morgan fingerprint density at radius 2 is 1.62 bits per heavy atom. The lowest BCUT2D eigenvalue weighted by Crippen LogP contribution is -2.24. The molecule has 3 aromatic carbocycles. The third-order valence-electron chi connectivity index (χ3n) is 5.45. The second kappa shape index (κ2) is 8.93. The summed E-state index contributed by atoms with van der Waals surface area (Å²) in [5.41, 5.74) is 4.81. The van der Waals surface area contributed by atoms with Crippen molar-refractivity contribution in [3.05, 3.63) is 100 Å². The zero-order valence-electron chi connectivity index (χ0n) is 18.1. The molecule has 1 heterocycles. The minimum absolute atomic E-state index is 0.251. The van der Waals surface area contributed by atoms with E-state index in [0.29, 0.717) is 32.7 Å². The van der Waals surface area contributed by atoms with Crippen molar-refractivity contribution in [1.29, 1.82) is 0 Å². The van der Waals surface area contributed by atoms with Crippen molar-refractivity contribution in [2.24, 2.45) is 0 Å². The molecule has 4 nitrogen and oxygen atoms in total. The van der Waals surface area contributed by atoms with Crippen LogP contribution in [0.25, 0.3) is 22.2 Å². The molecule has 0 aliphatic heterocycles. The third kappa shape index (κ3) is 4.27. The highest BCUT2D eigenvalue weighted by atomic mass is 35.5. The molecule has 0 bridgehead atoms. The van der Waals surface area contributed by atoms with Gasteiger partial charge in [0.15, 0.2) is 6.10 Å². The highest BCUT2D eigenvalue weighted by Crippen LogP contribution is 2.30. The molecule has 1 atom stereocenters. The average molecular weight is 444 g/mol. The normalized spacial score (nSPS) is 11.9. The Bertz CT molecular complexity index is 1310. The predicted octanol–water partition coefficient (Wildman–Crippen LogP) is 6.60. The molecule has 0 aliphatic rings. The number of carbonyl (C=O) groups excluding carboxylic acids is 2. The average Bonchev–Trinajstić information content (AvgIpc) is 2.81. The summed E-state index contributed by atoms with van der Waals surface area (Å²) in [6.07, 6.45) is -0.929. The minimum Gasteiger partial charge on any atom is -0.451 e. The van der Waals surface area contributed by atoms with Crippen LogP contribution in [0.1, 0.15) is 38.8 Å². The molecule has 0 spiro atoms. The fraction of sp³-hybridized carbons (Fsp3) is 0.148. The zero-order chi connectivity index (χ0) is 22.8. The van der Waals surface area contributed by atoms with E-state index in [-0.39, 0.29) is 5.78 Å². The summed E-state index contributed by atoms with van der Waals surface area (Å²) in [7, 11) is 0.